The highest BCUT2D eigenvalue weighted by Gasteiger charge is 2.70. The van der Waals surface area contributed by atoms with Crippen LogP contribution in [0.4, 0.5) is 0 Å². The van der Waals surface area contributed by atoms with Gasteiger partial charge in [-0.2, -0.15) is 0 Å². The number of hydrogen-bond acceptors (Lipinski definition) is 10. The fraction of sp³-hybridized carbons (Fsp3) is 0.409. The van der Waals surface area contributed by atoms with Gasteiger partial charge in [-0.3, -0.25) is 19.3 Å². The van der Waals surface area contributed by atoms with Crippen LogP contribution in [0.15, 0.2) is 35.1 Å². The lowest BCUT2D eigenvalue weighted by molar-refractivity contribution is -0.181. The van der Waals surface area contributed by atoms with E-state index >= 15 is 0 Å². The number of amides is 1. The molecule has 0 unspecified atom stereocenters. The van der Waals surface area contributed by atoms with Gasteiger partial charge in [-0.15, -0.1) is 12.4 Å². The van der Waals surface area contributed by atoms with Crippen molar-refractivity contribution in [2.75, 3.05) is 14.1 Å². The van der Waals surface area contributed by atoms with E-state index in [1.807, 2.05) is 0 Å². The number of Topliss-reactive ketones (excluding diaryl/α,β-unsaturated/α-hetero) is 2. The average molecular weight is 497 g/mol. The SMILES string of the molecule is CN(C)[C@H]1C(=O)C(C(N)=O)=C(O)[C@]2(O)C(=O)C3=C(O)c4c(O)cccc4[C@](C)(O)[C@@H]3[C@@H](O)[C@H]12.Cl. The first-order valence-corrected chi connectivity index (χ1v) is 10.1. The molecule has 1 fully saturated rings. The number of halogens is 1. The number of nitrogens with zero attached hydrogens (tertiary/aromatic N) is 1. The molecular weight excluding hydrogens is 472 g/mol. The summed E-state index contributed by atoms with van der Waals surface area (Å²) in [5.74, 6) is -9.67. The summed E-state index contributed by atoms with van der Waals surface area (Å²) in [5.41, 5.74) is -1.78. The maximum absolute atomic E-state index is 13.7. The minimum atomic E-state index is -3.02. The Labute approximate surface area is 199 Å². The summed E-state index contributed by atoms with van der Waals surface area (Å²) in [6.45, 7) is 1.25. The van der Waals surface area contributed by atoms with Crippen LogP contribution in [-0.2, 0) is 20.0 Å². The summed E-state index contributed by atoms with van der Waals surface area (Å²) in [6.07, 6.45) is -1.87. The largest absolute Gasteiger partial charge is 0.508 e. The van der Waals surface area contributed by atoms with Crippen LogP contribution in [0, 0.1) is 11.8 Å². The molecule has 6 atom stereocenters. The van der Waals surface area contributed by atoms with Gasteiger partial charge in [-0.25, -0.2) is 0 Å². The van der Waals surface area contributed by atoms with Crippen LogP contribution in [0.2, 0.25) is 0 Å². The van der Waals surface area contributed by atoms with E-state index in [-0.39, 0.29) is 23.5 Å². The molecule has 3 aliphatic rings. The average Bonchev–Trinajstić information content (AvgIpc) is 2.70. The lowest BCUT2D eigenvalue weighted by Gasteiger charge is -2.55. The number of phenolic OH excluding ortho intramolecular Hbond substituents is 1. The van der Waals surface area contributed by atoms with Gasteiger partial charge in [0.15, 0.2) is 11.4 Å². The summed E-state index contributed by atoms with van der Waals surface area (Å²) < 4.78 is 0. The van der Waals surface area contributed by atoms with Gasteiger partial charge in [0.2, 0.25) is 5.78 Å². The molecule has 1 saturated carbocycles. The molecule has 34 heavy (non-hydrogen) atoms. The molecule has 12 heteroatoms. The Morgan fingerprint density at radius 2 is 1.71 bits per heavy atom. The van der Waals surface area contributed by atoms with Crippen LogP contribution >= 0.6 is 12.4 Å². The minimum absolute atomic E-state index is 0. The molecule has 4 rings (SSSR count). The summed E-state index contributed by atoms with van der Waals surface area (Å²) in [5, 5.41) is 66.3. The molecule has 0 heterocycles. The second-order valence-corrected chi connectivity index (χ2v) is 9.06. The van der Waals surface area contributed by atoms with Crippen molar-refractivity contribution in [3.63, 3.8) is 0 Å². The first-order valence-electron chi connectivity index (χ1n) is 10.1. The lowest BCUT2D eigenvalue weighted by atomic mass is 9.53. The summed E-state index contributed by atoms with van der Waals surface area (Å²) in [7, 11) is 2.80. The van der Waals surface area contributed by atoms with Crippen molar-refractivity contribution in [3.05, 3.63) is 46.2 Å². The molecule has 0 aliphatic heterocycles. The van der Waals surface area contributed by atoms with E-state index in [1.165, 1.54) is 44.1 Å². The van der Waals surface area contributed by atoms with Gasteiger partial charge in [0, 0.05) is 0 Å². The highest BCUT2D eigenvalue weighted by Crippen LogP contribution is 2.57. The molecule has 0 spiro atoms. The van der Waals surface area contributed by atoms with Gasteiger partial charge in [0.1, 0.15) is 22.8 Å². The number of hydrogen-bond donors (Lipinski definition) is 7. The maximum Gasteiger partial charge on any atom is 0.255 e. The van der Waals surface area contributed by atoms with Gasteiger partial charge in [-0.1, -0.05) is 12.1 Å². The number of aliphatic hydroxyl groups excluding tert-OH is 3. The second kappa shape index (κ2) is 7.79. The number of phenols is 1. The number of aromatic hydroxyl groups is 1. The van der Waals surface area contributed by atoms with E-state index < -0.39 is 81.1 Å². The van der Waals surface area contributed by atoms with Gasteiger partial charge in [0.25, 0.3) is 5.91 Å². The van der Waals surface area contributed by atoms with Gasteiger partial charge in [0.05, 0.1) is 40.7 Å². The smallest absolute Gasteiger partial charge is 0.255 e. The zero-order valence-electron chi connectivity index (χ0n) is 18.4. The summed E-state index contributed by atoms with van der Waals surface area (Å²) >= 11 is 0. The van der Waals surface area contributed by atoms with Crippen LogP contribution in [0.1, 0.15) is 18.1 Å². The fourth-order valence-corrected chi connectivity index (χ4v) is 5.60. The maximum atomic E-state index is 13.7. The number of benzene rings is 1. The molecular formula is C22H25ClN2O9. The predicted octanol–water partition coefficient (Wildman–Crippen LogP) is -0.978. The van der Waals surface area contributed by atoms with Gasteiger partial charge < -0.3 is 36.4 Å². The van der Waals surface area contributed by atoms with Crippen LogP contribution in [-0.4, -0.2) is 84.9 Å². The van der Waals surface area contributed by atoms with Gasteiger partial charge >= 0.3 is 0 Å². The molecule has 1 aromatic carbocycles. The molecule has 11 nitrogen and oxygen atoms in total. The van der Waals surface area contributed by atoms with Crippen molar-refractivity contribution in [1.82, 2.24) is 4.90 Å². The van der Waals surface area contributed by atoms with Crippen molar-refractivity contribution in [1.29, 1.82) is 0 Å². The Bertz CT molecular complexity index is 1190. The molecule has 3 aliphatic carbocycles. The van der Waals surface area contributed by atoms with Crippen LogP contribution < -0.4 is 5.73 Å². The Kier molecular flexibility index (Phi) is 5.88. The summed E-state index contributed by atoms with van der Waals surface area (Å²) in [4.78, 5) is 39.9. The topological polar surface area (TPSA) is 202 Å². The van der Waals surface area contributed by atoms with Crippen molar-refractivity contribution >= 4 is 35.6 Å². The van der Waals surface area contributed by atoms with Crippen molar-refractivity contribution in [3.8, 4) is 5.75 Å². The highest BCUT2D eigenvalue weighted by atomic mass is 35.5. The number of ketones is 2. The lowest BCUT2D eigenvalue weighted by Crippen LogP contribution is -2.71. The molecule has 0 saturated heterocycles. The van der Waals surface area contributed by atoms with E-state index in [2.05, 4.69) is 0 Å². The monoisotopic (exact) mass is 496 g/mol. The third kappa shape index (κ3) is 2.88. The quantitative estimate of drug-likeness (QED) is 0.249. The molecule has 1 amide bonds. The number of carbonyl (C=O) groups excluding carboxylic acids is 3. The van der Waals surface area contributed by atoms with Gasteiger partial charge in [-0.05, 0) is 32.6 Å². The Balaban J connectivity index is 0.00000324. The van der Waals surface area contributed by atoms with E-state index in [0.717, 1.165) is 0 Å². The normalized spacial score (nSPS) is 34.9. The van der Waals surface area contributed by atoms with E-state index in [0.29, 0.717) is 0 Å². The van der Waals surface area contributed by atoms with E-state index in [9.17, 15) is 45.0 Å². The van der Waals surface area contributed by atoms with E-state index in [4.69, 9.17) is 5.73 Å². The molecule has 8 N–H and O–H groups in total. The summed E-state index contributed by atoms with van der Waals surface area (Å²) in [6, 6.07) is 2.50. The zero-order chi connectivity index (χ0) is 24.8. The van der Waals surface area contributed by atoms with Crippen molar-refractivity contribution < 1.29 is 45.0 Å². The molecule has 0 aromatic heterocycles. The van der Waals surface area contributed by atoms with Crippen molar-refractivity contribution in [2.24, 2.45) is 17.6 Å². The molecule has 1 aromatic rings. The molecule has 184 valence electrons. The standard InChI is InChI=1S/C22H24N2O9.ClH/c1-21(32)7-5-4-6-8(25)9(7)15(26)10-12(21)17(28)13-14(24(2)3)16(27)11(20(23)31)19(30)22(13,33)18(10)29;/h4-6,12-14,17,25-26,28,30,32-33H,1-3H3,(H2,23,31);1H/t12-,13-,14+,17+,21-,22+;/m0./s1. The number of nitrogens with two attached hydrogens (primary N) is 1. The minimum Gasteiger partial charge on any atom is -0.508 e. The zero-order valence-corrected chi connectivity index (χ0v) is 19.2. The van der Waals surface area contributed by atoms with Crippen molar-refractivity contribution in [2.45, 2.75) is 30.3 Å². The number of fused-ring (bicyclic) bond motifs is 3. The third-order valence-electron chi connectivity index (χ3n) is 7.03. The predicted molar refractivity (Wildman–Crippen MR) is 119 cm³/mol. The van der Waals surface area contributed by atoms with Crippen LogP contribution in [0.5, 0.6) is 5.75 Å². The Hall–Kier alpha value is -2.96. The first kappa shape index (κ1) is 25.7. The van der Waals surface area contributed by atoms with Crippen LogP contribution in [0.25, 0.3) is 5.76 Å². The number of aliphatic hydroxyl groups is 5. The third-order valence-corrected chi connectivity index (χ3v) is 7.03. The van der Waals surface area contributed by atoms with E-state index in [1.54, 1.807) is 0 Å². The number of primary amides is 1. The fourth-order valence-electron chi connectivity index (χ4n) is 5.60. The Morgan fingerprint density at radius 1 is 1.12 bits per heavy atom. The number of likely N-dealkylation sites (N-methyl/N-ethyl adjacent to an activating group) is 1. The number of carbonyl (C=O) groups is 3. The highest BCUT2D eigenvalue weighted by molar-refractivity contribution is 6.24. The van der Waals surface area contributed by atoms with Crippen LogP contribution in [0.3, 0.4) is 0 Å². The molecule has 0 bridgehead atoms. The second-order valence-electron chi connectivity index (χ2n) is 9.06. The number of rotatable bonds is 2. The first-order chi connectivity index (χ1) is 15.2. The Morgan fingerprint density at radius 3 is 2.24 bits per heavy atom. The molecule has 0 radical (unpaired) electrons.